The maximum atomic E-state index is 13.0. The Hall–Kier alpha value is -2.36. The van der Waals surface area contributed by atoms with Crippen LogP contribution in [0.25, 0.3) is 0 Å². The van der Waals surface area contributed by atoms with Gasteiger partial charge in [0.2, 0.25) is 0 Å². The predicted octanol–water partition coefficient (Wildman–Crippen LogP) is 2.82. The third kappa shape index (κ3) is 5.62. The van der Waals surface area contributed by atoms with Crippen molar-refractivity contribution in [3.05, 3.63) is 53.3 Å². The summed E-state index contributed by atoms with van der Waals surface area (Å²) in [5.74, 6) is -0.390. The Morgan fingerprint density at radius 2 is 1.80 bits per heavy atom. The molecule has 30 heavy (non-hydrogen) atoms. The summed E-state index contributed by atoms with van der Waals surface area (Å²) in [5.41, 5.74) is 0.224. The van der Waals surface area contributed by atoms with Crippen LogP contribution in [-0.4, -0.2) is 63.5 Å². The van der Waals surface area contributed by atoms with Crippen molar-refractivity contribution < 1.29 is 22.3 Å². The molecular formula is C20H23ClFN3O4S. The molecule has 10 heteroatoms. The van der Waals surface area contributed by atoms with E-state index in [4.69, 9.17) is 16.3 Å². The molecular weight excluding hydrogens is 433 g/mol. The zero-order valence-electron chi connectivity index (χ0n) is 16.5. The van der Waals surface area contributed by atoms with Crippen molar-refractivity contribution in [2.45, 2.75) is 11.8 Å². The van der Waals surface area contributed by atoms with Crippen LogP contribution in [0.1, 0.15) is 6.92 Å². The van der Waals surface area contributed by atoms with E-state index in [0.29, 0.717) is 13.1 Å². The fraction of sp³-hybridized carbons (Fsp3) is 0.350. The molecule has 1 aliphatic rings. The van der Waals surface area contributed by atoms with Gasteiger partial charge >= 0.3 is 0 Å². The van der Waals surface area contributed by atoms with E-state index in [-0.39, 0.29) is 33.9 Å². The van der Waals surface area contributed by atoms with Crippen molar-refractivity contribution in [2.75, 3.05) is 44.1 Å². The maximum Gasteiger partial charge on any atom is 0.261 e. The predicted molar refractivity (Wildman–Crippen MR) is 113 cm³/mol. The van der Waals surface area contributed by atoms with E-state index in [1.807, 2.05) is 0 Å². The molecule has 2 aromatic rings. The number of benzene rings is 2. The third-order valence-electron chi connectivity index (χ3n) is 4.83. The van der Waals surface area contributed by atoms with E-state index >= 15 is 0 Å². The van der Waals surface area contributed by atoms with E-state index in [9.17, 15) is 17.6 Å². The number of halogens is 2. The van der Waals surface area contributed by atoms with E-state index in [0.717, 1.165) is 31.8 Å². The number of nitrogens with zero attached hydrogens (tertiary/aromatic N) is 2. The Balaban J connectivity index is 1.60. The zero-order valence-corrected chi connectivity index (χ0v) is 18.0. The van der Waals surface area contributed by atoms with Gasteiger partial charge in [0.1, 0.15) is 11.6 Å². The van der Waals surface area contributed by atoms with Crippen molar-refractivity contribution in [1.29, 1.82) is 0 Å². The summed E-state index contributed by atoms with van der Waals surface area (Å²) in [6.07, 6.45) is 0. The first-order valence-electron chi connectivity index (χ1n) is 9.49. The molecule has 3 rings (SSSR count). The number of hydrogen-bond donors (Lipinski definition) is 1. The molecule has 1 amide bonds. The Bertz CT molecular complexity index is 994. The van der Waals surface area contributed by atoms with Gasteiger partial charge in [-0.3, -0.25) is 9.52 Å². The quantitative estimate of drug-likeness (QED) is 0.694. The minimum atomic E-state index is -3.91. The van der Waals surface area contributed by atoms with E-state index in [1.54, 1.807) is 4.90 Å². The normalized spacial score (nSPS) is 15.1. The Morgan fingerprint density at radius 3 is 2.40 bits per heavy atom. The third-order valence-corrected chi connectivity index (χ3v) is 6.51. The van der Waals surface area contributed by atoms with Crippen LogP contribution >= 0.6 is 11.6 Å². The average Bonchev–Trinajstić information content (AvgIpc) is 2.74. The molecule has 0 unspecified atom stereocenters. The summed E-state index contributed by atoms with van der Waals surface area (Å²) in [5, 5.41) is 0.0700. The van der Waals surface area contributed by atoms with Gasteiger partial charge in [0.15, 0.2) is 6.61 Å². The van der Waals surface area contributed by atoms with Crippen LogP contribution in [0.5, 0.6) is 5.75 Å². The Morgan fingerprint density at radius 1 is 1.13 bits per heavy atom. The lowest BCUT2D eigenvalue weighted by atomic mass is 10.3. The number of anilines is 1. The second kappa shape index (κ2) is 9.63. The topological polar surface area (TPSA) is 79.0 Å². The van der Waals surface area contributed by atoms with Crippen LogP contribution in [0.3, 0.4) is 0 Å². The highest BCUT2D eigenvalue weighted by atomic mass is 35.5. The second-order valence-corrected chi connectivity index (χ2v) is 8.90. The molecule has 162 valence electrons. The highest BCUT2D eigenvalue weighted by molar-refractivity contribution is 7.92. The van der Waals surface area contributed by atoms with Crippen LogP contribution in [0.15, 0.2) is 47.4 Å². The van der Waals surface area contributed by atoms with E-state index in [2.05, 4.69) is 16.5 Å². The second-order valence-electron chi connectivity index (χ2n) is 6.81. The fourth-order valence-corrected chi connectivity index (χ4v) is 4.43. The number of piperazine rings is 1. The summed E-state index contributed by atoms with van der Waals surface area (Å²) in [7, 11) is -3.91. The number of likely N-dealkylation sites (N-methyl/N-ethyl adjacent to an activating group) is 1. The van der Waals surface area contributed by atoms with Crippen molar-refractivity contribution >= 4 is 33.2 Å². The first kappa shape index (κ1) is 22.3. The van der Waals surface area contributed by atoms with E-state index < -0.39 is 15.8 Å². The van der Waals surface area contributed by atoms with Gasteiger partial charge in [0.05, 0.1) is 9.92 Å². The molecule has 7 nitrogen and oxygen atoms in total. The lowest BCUT2D eigenvalue weighted by molar-refractivity contribution is -0.135. The summed E-state index contributed by atoms with van der Waals surface area (Å²) in [6.45, 7) is 5.83. The molecule has 0 saturated carbocycles. The number of ether oxygens (including phenoxy) is 1. The molecule has 0 radical (unpaired) electrons. The first-order valence-corrected chi connectivity index (χ1v) is 11.4. The largest absolute Gasteiger partial charge is 0.482 e. The summed E-state index contributed by atoms with van der Waals surface area (Å²) in [4.78, 5) is 16.3. The van der Waals surface area contributed by atoms with Gasteiger partial charge in [-0.05, 0) is 49.0 Å². The number of hydrogen-bond acceptors (Lipinski definition) is 5. The number of carbonyl (C=O) groups excluding carboxylic acids is 1. The minimum absolute atomic E-state index is 0.0700. The maximum absolute atomic E-state index is 13.0. The molecule has 0 aromatic heterocycles. The van der Waals surface area contributed by atoms with E-state index in [1.165, 1.54) is 30.3 Å². The van der Waals surface area contributed by atoms with Crippen LogP contribution in [0, 0.1) is 5.82 Å². The van der Waals surface area contributed by atoms with Crippen LogP contribution in [0.2, 0.25) is 5.02 Å². The standard InChI is InChI=1S/C20H23ClFN3O4S/c1-2-24-9-11-25(12-10-24)20(26)14-29-19-8-7-17(13-18(19)21)30(27,28)23-16-5-3-15(22)4-6-16/h3-8,13,23H,2,9-12,14H2,1H3. The monoisotopic (exact) mass is 455 g/mol. The van der Waals surface area contributed by atoms with Gasteiger partial charge in [-0.25, -0.2) is 12.8 Å². The molecule has 0 aliphatic carbocycles. The molecule has 0 spiro atoms. The minimum Gasteiger partial charge on any atom is -0.482 e. The van der Waals surface area contributed by atoms with Crippen LogP contribution in [-0.2, 0) is 14.8 Å². The van der Waals surface area contributed by atoms with Gasteiger partial charge in [-0.15, -0.1) is 0 Å². The molecule has 1 heterocycles. The molecule has 1 saturated heterocycles. The SMILES string of the molecule is CCN1CCN(C(=O)COc2ccc(S(=O)(=O)Nc3ccc(F)cc3)cc2Cl)CC1. The smallest absolute Gasteiger partial charge is 0.261 e. The average molecular weight is 456 g/mol. The van der Waals surface area contributed by atoms with Crippen LogP contribution in [0.4, 0.5) is 10.1 Å². The van der Waals surface area contributed by atoms with Crippen molar-refractivity contribution in [2.24, 2.45) is 0 Å². The lowest BCUT2D eigenvalue weighted by Gasteiger charge is -2.33. The number of sulfonamides is 1. The fourth-order valence-electron chi connectivity index (χ4n) is 3.04. The van der Waals surface area contributed by atoms with Crippen molar-refractivity contribution in [3.8, 4) is 5.75 Å². The lowest BCUT2D eigenvalue weighted by Crippen LogP contribution is -2.49. The number of amides is 1. The van der Waals surface area contributed by atoms with Crippen molar-refractivity contribution in [1.82, 2.24) is 9.80 Å². The first-order chi connectivity index (χ1) is 14.3. The molecule has 1 N–H and O–H groups in total. The summed E-state index contributed by atoms with van der Waals surface area (Å²) >= 11 is 6.17. The number of rotatable bonds is 7. The molecule has 1 aliphatic heterocycles. The highest BCUT2D eigenvalue weighted by Crippen LogP contribution is 2.28. The number of carbonyl (C=O) groups is 1. The van der Waals surface area contributed by atoms with Gasteiger partial charge in [-0.1, -0.05) is 18.5 Å². The molecule has 2 aromatic carbocycles. The van der Waals surface area contributed by atoms with Gasteiger partial charge < -0.3 is 14.5 Å². The highest BCUT2D eigenvalue weighted by Gasteiger charge is 2.21. The van der Waals surface area contributed by atoms with Gasteiger partial charge in [0, 0.05) is 31.9 Å². The van der Waals surface area contributed by atoms with Gasteiger partial charge in [-0.2, -0.15) is 0 Å². The molecule has 0 atom stereocenters. The molecule has 1 fully saturated rings. The summed E-state index contributed by atoms with van der Waals surface area (Å²) in [6, 6.07) is 8.92. The number of nitrogens with one attached hydrogen (secondary N) is 1. The summed E-state index contributed by atoms with van der Waals surface area (Å²) < 4.78 is 45.9. The van der Waals surface area contributed by atoms with Gasteiger partial charge in [0.25, 0.3) is 15.9 Å². The Kier molecular flexibility index (Phi) is 7.17. The van der Waals surface area contributed by atoms with Crippen LogP contribution < -0.4 is 9.46 Å². The van der Waals surface area contributed by atoms with Crippen molar-refractivity contribution in [3.63, 3.8) is 0 Å². The zero-order chi connectivity index (χ0) is 21.7. The Labute approximate surface area is 180 Å². The molecule has 0 bridgehead atoms.